The molecule has 22 heavy (non-hydrogen) atoms. The number of nitrogens with one attached hydrogen (secondary N) is 1. The zero-order chi connectivity index (χ0) is 17.0. The van der Waals surface area contributed by atoms with Gasteiger partial charge in [0.15, 0.2) is 0 Å². The highest BCUT2D eigenvalue weighted by Crippen LogP contribution is 2.27. The van der Waals surface area contributed by atoms with E-state index in [9.17, 15) is 8.42 Å². The van der Waals surface area contributed by atoms with E-state index in [1.165, 1.54) is 0 Å². The number of aromatic nitrogens is 2. The molecular weight excluding hydrogens is 300 g/mol. The summed E-state index contributed by atoms with van der Waals surface area (Å²) in [6, 6.07) is 0. The number of nitrogens with zero attached hydrogens (tertiary/aromatic N) is 3. The third-order valence-corrected chi connectivity index (χ3v) is 5.09. The SMILES string of the molecule is CCN(CC)CCCNS(=O)(=O)c1cn(C)nc1C(C)(C)C. The third kappa shape index (κ3) is 5.07. The molecule has 0 aromatic carbocycles. The van der Waals surface area contributed by atoms with Crippen molar-refractivity contribution < 1.29 is 8.42 Å². The van der Waals surface area contributed by atoms with Crippen LogP contribution in [0.15, 0.2) is 11.1 Å². The molecule has 1 aromatic heterocycles. The van der Waals surface area contributed by atoms with Crippen LogP contribution in [0, 0.1) is 0 Å². The van der Waals surface area contributed by atoms with Gasteiger partial charge in [-0.1, -0.05) is 34.6 Å². The molecule has 6 nitrogen and oxygen atoms in total. The summed E-state index contributed by atoms with van der Waals surface area (Å²) >= 11 is 0. The van der Waals surface area contributed by atoms with Gasteiger partial charge >= 0.3 is 0 Å². The first-order valence-corrected chi connectivity index (χ1v) is 9.36. The summed E-state index contributed by atoms with van der Waals surface area (Å²) in [5, 5.41) is 4.32. The molecule has 0 spiro atoms. The Labute approximate surface area is 134 Å². The van der Waals surface area contributed by atoms with Gasteiger partial charge in [0.1, 0.15) is 4.90 Å². The second-order valence-corrected chi connectivity index (χ2v) is 8.28. The lowest BCUT2D eigenvalue weighted by Crippen LogP contribution is -2.31. The lowest BCUT2D eigenvalue weighted by Gasteiger charge is -2.19. The zero-order valence-electron chi connectivity index (χ0n) is 14.7. The first kappa shape index (κ1) is 19.1. The second kappa shape index (κ2) is 7.57. The van der Waals surface area contributed by atoms with Gasteiger partial charge < -0.3 is 4.90 Å². The molecule has 0 saturated carbocycles. The fourth-order valence-corrected chi connectivity index (χ4v) is 3.77. The van der Waals surface area contributed by atoms with Gasteiger partial charge in [0.2, 0.25) is 10.0 Å². The summed E-state index contributed by atoms with van der Waals surface area (Å²) in [7, 11) is -1.77. The maximum atomic E-state index is 12.5. The molecule has 0 aliphatic carbocycles. The van der Waals surface area contributed by atoms with Crippen molar-refractivity contribution in [1.29, 1.82) is 0 Å². The fourth-order valence-electron chi connectivity index (χ4n) is 2.31. The average Bonchev–Trinajstić information content (AvgIpc) is 2.82. The summed E-state index contributed by atoms with van der Waals surface area (Å²) in [5.74, 6) is 0. The van der Waals surface area contributed by atoms with E-state index >= 15 is 0 Å². The van der Waals surface area contributed by atoms with Crippen LogP contribution < -0.4 is 4.72 Å². The van der Waals surface area contributed by atoms with E-state index in [0.29, 0.717) is 12.2 Å². The number of aryl methyl sites for hydroxylation is 1. The highest BCUT2D eigenvalue weighted by molar-refractivity contribution is 7.89. The van der Waals surface area contributed by atoms with E-state index in [1.54, 1.807) is 17.9 Å². The smallest absolute Gasteiger partial charge is 0.243 e. The molecule has 0 bridgehead atoms. The standard InChI is InChI=1S/C15H30N4O2S/c1-7-19(8-2)11-9-10-16-22(20,21)13-12-18(6)17-14(13)15(3,4)5/h12,16H,7-11H2,1-6H3. The molecule has 0 atom stereocenters. The van der Waals surface area contributed by atoms with Gasteiger partial charge in [-0.3, -0.25) is 4.68 Å². The Bertz CT molecular complexity index is 569. The Morgan fingerprint density at radius 2 is 1.86 bits per heavy atom. The highest BCUT2D eigenvalue weighted by atomic mass is 32.2. The highest BCUT2D eigenvalue weighted by Gasteiger charge is 2.29. The third-order valence-electron chi connectivity index (χ3n) is 3.63. The molecule has 0 radical (unpaired) electrons. The Morgan fingerprint density at radius 3 is 2.36 bits per heavy atom. The van der Waals surface area contributed by atoms with Gasteiger partial charge in [0, 0.05) is 25.2 Å². The quantitative estimate of drug-likeness (QED) is 0.737. The average molecular weight is 330 g/mol. The molecule has 0 amide bonds. The number of hydrogen-bond acceptors (Lipinski definition) is 4. The summed E-state index contributed by atoms with van der Waals surface area (Å²) < 4.78 is 29.3. The largest absolute Gasteiger partial charge is 0.304 e. The van der Waals surface area contributed by atoms with Gasteiger partial charge in [-0.15, -0.1) is 0 Å². The van der Waals surface area contributed by atoms with Gasteiger partial charge in [-0.25, -0.2) is 13.1 Å². The minimum Gasteiger partial charge on any atom is -0.304 e. The monoisotopic (exact) mass is 330 g/mol. The van der Waals surface area contributed by atoms with Crippen LogP contribution in [0.1, 0.15) is 46.7 Å². The van der Waals surface area contributed by atoms with E-state index in [1.807, 2.05) is 20.8 Å². The first-order chi connectivity index (χ1) is 10.1. The van der Waals surface area contributed by atoms with E-state index in [2.05, 4.69) is 28.6 Å². The van der Waals surface area contributed by atoms with Gasteiger partial charge in [0.05, 0.1) is 5.69 Å². The molecule has 1 rings (SSSR count). The van der Waals surface area contributed by atoms with Crippen LogP contribution in [-0.4, -0.2) is 49.3 Å². The summed E-state index contributed by atoms with van der Waals surface area (Å²) in [4.78, 5) is 2.56. The molecule has 0 aliphatic heterocycles. The van der Waals surface area contributed by atoms with Crippen molar-refractivity contribution in [3.05, 3.63) is 11.9 Å². The molecule has 1 heterocycles. The van der Waals surface area contributed by atoms with Crippen LogP contribution >= 0.6 is 0 Å². The molecule has 0 aliphatic rings. The minimum atomic E-state index is -3.52. The molecule has 7 heteroatoms. The molecule has 0 fully saturated rings. The maximum Gasteiger partial charge on any atom is 0.243 e. The number of sulfonamides is 1. The van der Waals surface area contributed by atoms with Gasteiger partial charge in [0.25, 0.3) is 0 Å². The van der Waals surface area contributed by atoms with Crippen molar-refractivity contribution in [2.45, 2.75) is 51.3 Å². The van der Waals surface area contributed by atoms with Crippen molar-refractivity contribution in [3.8, 4) is 0 Å². The molecule has 1 N–H and O–H groups in total. The van der Waals surface area contributed by atoms with Crippen molar-refractivity contribution in [3.63, 3.8) is 0 Å². The van der Waals surface area contributed by atoms with E-state index < -0.39 is 10.0 Å². The van der Waals surface area contributed by atoms with Crippen LogP contribution in [0.3, 0.4) is 0 Å². The topological polar surface area (TPSA) is 67.2 Å². The number of rotatable bonds is 8. The lowest BCUT2D eigenvalue weighted by atomic mass is 9.92. The molecule has 1 aromatic rings. The Balaban J connectivity index is 2.76. The molecular formula is C15H30N4O2S. The van der Waals surface area contributed by atoms with Crippen LogP contribution in [0.4, 0.5) is 0 Å². The summed E-state index contributed by atoms with van der Waals surface area (Å²) in [6.07, 6.45) is 2.37. The summed E-state index contributed by atoms with van der Waals surface area (Å²) in [6.45, 7) is 13.4. The minimum absolute atomic E-state index is 0.283. The molecule has 0 saturated heterocycles. The fraction of sp³-hybridized carbons (Fsp3) is 0.800. The number of hydrogen-bond donors (Lipinski definition) is 1. The normalized spacial score (nSPS) is 13.0. The van der Waals surface area contributed by atoms with Crippen molar-refractivity contribution in [2.24, 2.45) is 7.05 Å². The Hall–Kier alpha value is -0.920. The zero-order valence-corrected chi connectivity index (χ0v) is 15.5. The van der Waals surface area contributed by atoms with Crippen LogP contribution in [0.5, 0.6) is 0 Å². The summed E-state index contributed by atoms with van der Waals surface area (Å²) in [5.41, 5.74) is 0.290. The van der Waals surface area contributed by atoms with Crippen LogP contribution in [0.25, 0.3) is 0 Å². The maximum absolute atomic E-state index is 12.5. The van der Waals surface area contributed by atoms with E-state index in [0.717, 1.165) is 26.1 Å². The van der Waals surface area contributed by atoms with Crippen molar-refractivity contribution >= 4 is 10.0 Å². The van der Waals surface area contributed by atoms with Crippen molar-refractivity contribution in [2.75, 3.05) is 26.2 Å². The Morgan fingerprint density at radius 1 is 1.27 bits per heavy atom. The first-order valence-electron chi connectivity index (χ1n) is 7.88. The lowest BCUT2D eigenvalue weighted by molar-refractivity contribution is 0.300. The van der Waals surface area contributed by atoms with E-state index in [-0.39, 0.29) is 10.3 Å². The van der Waals surface area contributed by atoms with Gasteiger partial charge in [-0.2, -0.15) is 5.10 Å². The molecule has 128 valence electrons. The van der Waals surface area contributed by atoms with Crippen LogP contribution in [-0.2, 0) is 22.5 Å². The predicted octanol–water partition coefficient (Wildman–Crippen LogP) is 1.73. The predicted molar refractivity (Wildman–Crippen MR) is 89.5 cm³/mol. The Kier molecular flexibility index (Phi) is 6.58. The van der Waals surface area contributed by atoms with E-state index in [4.69, 9.17) is 0 Å². The van der Waals surface area contributed by atoms with Crippen molar-refractivity contribution in [1.82, 2.24) is 19.4 Å². The molecule has 0 unspecified atom stereocenters. The van der Waals surface area contributed by atoms with Crippen LogP contribution in [0.2, 0.25) is 0 Å². The second-order valence-electron chi connectivity index (χ2n) is 6.54. The van der Waals surface area contributed by atoms with Gasteiger partial charge in [-0.05, 0) is 26.1 Å².